The van der Waals surface area contributed by atoms with Crippen molar-refractivity contribution in [3.63, 3.8) is 0 Å². The van der Waals surface area contributed by atoms with Crippen molar-refractivity contribution in [2.45, 2.75) is 37.5 Å². The molecule has 0 atom stereocenters. The molecular formula is C23H23ClN2O2. The second-order valence-corrected chi connectivity index (χ2v) is 8.05. The summed E-state index contributed by atoms with van der Waals surface area (Å²) in [5.41, 5.74) is 1.39. The van der Waals surface area contributed by atoms with Crippen molar-refractivity contribution in [2.75, 3.05) is 6.54 Å². The summed E-state index contributed by atoms with van der Waals surface area (Å²) in [6, 6.07) is 15.2. The van der Waals surface area contributed by atoms with Gasteiger partial charge in [-0.15, -0.1) is 0 Å². The SMILES string of the molecule is O=C(NCC1(c2cccc(Cl)c2)CCCCC1)c1c[nH]c(=O)c2ccccc12. The number of fused-ring (bicyclic) bond motifs is 1. The quantitative estimate of drug-likeness (QED) is 0.666. The summed E-state index contributed by atoms with van der Waals surface area (Å²) in [5.74, 6) is -0.167. The van der Waals surface area contributed by atoms with Crippen molar-refractivity contribution >= 4 is 28.3 Å². The van der Waals surface area contributed by atoms with E-state index in [2.05, 4.69) is 16.4 Å². The predicted octanol–water partition coefficient (Wildman–Crippen LogP) is 4.81. The minimum absolute atomic E-state index is 0.100. The molecule has 28 heavy (non-hydrogen) atoms. The minimum Gasteiger partial charge on any atom is -0.351 e. The van der Waals surface area contributed by atoms with Crippen molar-refractivity contribution < 1.29 is 4.79 Å². The van der Waals surface area contributed by atoms with E-state index in [1.54, 1.807) is 12.1 Å². The van der Waals surface area contributed by atoms with Crippen molar-refractivity contribution in [1.82, 2.24) is 10.3 Å². The lowest BCUT2D eigenvalue weighted by Crippen LogP contribution is -2.42. The van der Waals surface area contributed by atoms with Gasteiger partial charge in [-0.1, -0.05) is 61.2 Å². The number of carbonyl (C=O) groups excluding carboxylic acids is 1. The Bertz CT molecular complexity index is 1070. The molecule has 4 nitrogen and oxygen atoms in total. The van der Waals surface area contributed by atoms with E-state index in [1.807, 2.05) is 30.3 Å². The number of carbonyl (C=O) groups is 1. The molecular weight excluding hydrogens is 372 g/mol. The summed E-state index contributed by atoms with van der Waals surface area (Å²) in [6.45, 7) is 0.555. The molecule has 0 bridgehead atoms. The van der Waals surface area contributed by atoms with Crippen LogP contribution in [-0.2, 0) is 5.41 Å². The van der Waals surface area contributed by atoms with Crippen molar-refractivity contribution in [3.8, 4) is 0 Å². The smallest absolute Gasteiger partial charge is 0.255 e. The highest BCUT2D eigenvalue weighted by molar-refractivity contribution is 6.30. The third-order valence-electron chi connectivity index (χ3n) is 5.89. The Kier molecular flexibility index (Phi) is 5.23. The van der Waals surface area contributed by atoms with E-state index >= 15 is 0 Å². The molecule has 1 fully saturated rings. The summed E-state index contributed by atoms with van der Waals surface area (Å²) in [7, 11) is 0. The molecule has 2 N–H and O–H groups in total. The Hall–Kier alpha value is -2.59. The molecule has 4 rings (SSSR count). The van der Waals surface area contributed by atoms with E-state index in [9.17, 15) is 9.59 Å². The lowest BCUT2D eigenvalue weighted by atomic mass is 9.69. The fraction of sp³-hybridized carbons (Fsp3) is 0.304. The number of aromatic nitrogens is 1. The number of H-pyrrole nitrogens is 1. The molecule has 3 aromatic rings. The molecule has 0 spiro atoms. The zero-order chi connectivity index (χ0) is 19.6. The number of rotatable bonds is 4. The van der Waals surface area contributed by atoms with Crippen LogP contribution in [0.25, 0.3) is 10.8 Å². The molecule has 2 aromatic carbocycles. The van der Waals surface area contributed by atoms with Crippen LogP contribution in [0.15, 0.2) is 59.5 Å². The van der Waals surface area contributed by atoms with Crippen LogP contribution in [0.1, 0.15) is 48.0 Å². The molecule has 5 heteroatoms. The molecule has 0 unspecified atom stereocenters. The first-order valence-electron chi connectivity index (χ1n) is 9.74. The fourth-order valence-electron chi connectivity index (χ4n) is 4.36. The van der Waals surface area contributed by atoms with Gasteiger partial charge < -0.3 is 10.3 Å². The molecule has 0 saturated heterocycles. The molecule has 1 aliphatic carbocycles. The maximum absolute atomic E-state index is 13.0. The molecule has 0 aliphatic heterocycles. The maximum Gasteiger partial charge on any atom is 0.255 e. The van der Waals surface area contributed by atoms with Crippen LogP contribution < -0.4 is 10.9 Å². The second kappa shape index (κ2) is 7.80. The van der Waals surface area contributed by atoms with Crippen LogP contribution in [0.5, 0.6) is 0 Å². The lowest BCUT2D eigenvalue weighted by molar-refractivity contribution is 0.0938. The van der Waals surface area contributed by atoms with Gasteiger partial charge >= 0.3 is 0 Å². The number of amides is 1. The summed E-state index contributed by atoms with van der Waals surface area (Å²) in [5, 5.41) is 5.05. The number of hydrogen-bond donors (Lipinski definition) is 2. The highest BCUT2D eigenvalue weighted by Crippen LogP contribution is 2.39. The van der Waals surface area contributed by atoms with Crippen molar-refractivity contribution in [3.05, 3.63) is 81.2 Å². The van der Waals surface area contributed by atoms with Gasteiger partial charge in [-0.05, 0) is 36.6 Å². The van der Waals surface area contributed by atoms with Gasteiger partial charge in [0.15, 0.2) is 0 Å². The Morgan fingerprint density at radius 2 is 1.79 bits per heavy atom. The van der Waals surface area contributed by atoms with Crippen LogP contribution in [0, 0.1) is 0 Å². The van der Waals surface area contributed by atoms with Gasteiger partial charge in [-0.3, -0.25) is 9.59 Å². The van der Waals surface area contributed by atoms with Gasteiger partial charge in [0.25, 0.3) is 11.5 Å². The van der Waals surface area contributed by atoms with Gasteiger partial charge in [0, 0.05) is 34.0 Å². The van der Waals surface area contributed by atoms with E-state index < -0.39 is 0 Å². The third-order valence-corrected chi connectivity index (χ3v) is 6.12. The van der Waals surface area contributed by atoms with Crippen molar-refractivity contribution in [2.24, 2.45) is 0 Å². The Balaban J connectivity index is 1.62. The summed E-state index contributed by atoms with van der Waals surface area (Å²) in [4.78, 5) is 27.7. The van der Waals surface area contributed by atoms with Crippen LogP contribution in [0.2, 0.25) is 5.02 Å². The van der Waals surface area contributed by atoms with Crippen LogP contribution in [0.4, 0.5) is 0 Å². The Morgan fingerprint density at radius 3 is 2.54 bits per heavy atom. The molecule has 0 radical (unpaired) electrons. The molecule has 1 heterocycles. The molecule has 1 aromatic heterocycles. The average Bonchev–Trinajstić information content (AvgIpc) is 2.73. The van der Waals surface area contributed by atoms with Crippen LogP contribution in [0.3, 0.4) is 0 Å². The van der Waals surface area contributed by atoms with E-state index in [0.717, 1.165) is 30.7 Å². The fourth-order valence-corrected chi connectivity index (χ4v) is 4.55. The van der Waals surface area contributed by atoms with Crippen LogP contribution in [-0.4, -0.2) is 17.4 Å². The summed E-state index contributed by atoms with van der Waals surface area (Å²) < 4.78 is 0. The monoisotopic (exact) mass is 394 g/mol. The zero-order valence-corrected chi connectivity index (χ0v) is 16.4. The Labute approximate surface area is 168 Å². The number of nitrogens with one attached hydrogen (secondary N) is 2. The molecule has 1 amide bonds. The van der Waals surface area contributed by atoms with Gasteiger partial charge in [0.2, 0.25) is 0 Å². The predicted molar refractivity (Wildman–Crippen MR) is 113 cm³/mol. The van der Waals surface area contributed by atoms with Crippen molar-refractivity contribution in [1.29, 1.82) is 0 Å². The molecule has 1 aliphatic rings. The molecule has 144 valence electrons. The number of benzene rings is 2. The van der Waals surface area contributed by atoms with Gasteiger partial charge in [0.1, 0.15) is 0 Å². The lowest BCUT2D eigenvalue weighted by Gasteiger charge is -2.38. The van der Waals surface area contributed by atoms with E-state index in [4.69, 9.17) is 11.6 Å². The van der Waals surface area contributed by atoms with E-state index in [0.29, 0.717) is 22.9 Å². The second-order valence-electron chi connectivity index (χ2n) is 7.61. The summed E-state index contributed by atoms with van der Waals surface area (Å²) in [6.07, 6.45) is 7.07. The minimum atomic E-state index is -0.185. The largest absolute Gasteiger partial charge is 0.351 e. The highest BCUT2D eigenvalue weighted by atomic mass is 35.5. The first-order valence-corrected chi connectivity index (χ1v) is 10.1. The average molecular weight is 395 g/mol. The van der Waals surface area contributed by atoms with Crippen LogP contribution >= 0.6 is 11.6 Å². The summed E-state index contributed by atoms with van der Waals surface area (Å²) >= 11 is 6.24. The van der Waals surface area contributed by atoms with Gasteiger partial charge in [-0.25, -0.2) is 0 Å². The molecule has 1 saturated carbocycles. The normalized spacial score (nSPS) is 16.0. The van der Waals surface area contributed by atoms with E-state index in [1.165, 1.54) is 18.2 Å². The topological polar surface area (TPSA) is 62.0 Å². The Morgan fingerprint density at radius 1 is 1.04 bits per heavy atom. The standard InChI is InChI=1S/C23H23ClN2O2/c24-17-8-6-7-16(13-17)23(11-4-1-5-12-23)15-26-22(28)20-14-25-21(27)19-10-3-2-9-18(19)20/h2-3,6-10,13-14H,1,4-5,11-12,15H2,(H,25,27)(H,26,28). The van der Waals surface area contributed by atoms with E-state index in [-0.39, 0.29) is 16.9 Å². The highest BCUT2D eigenvalue weighted by Gasteiger charge is 2.34. The zero-order valence-electron chi connectivity index (χ0n) is 15.6. The van der Waals surface area contributed by atoms with Gasteiger partial charge in [0.05, 0.1) is 5.56 Å². The number of aromatic amines is 1. The number of halogens is 1. The first kappa shape index (κ1) is 18.8. The number of hydrogen-bond acceptors (Lipinski definition) is 2. The number of pyridine rings is 1. The van der Waals surface area contributed by atoms with Gasteiger partial charge in [-0.2, -0.15) is 0 Å². The first-order chi connectivity index (χ1) is 13.6. The maximum atomic E-state index is 13.0. The third kappa shape index (κ3) is 3.57.